The largest absolute Gasteiger partial charge is 0.465 e. The van der Waals surface area contributed by atoms with Crippen molar-refractivity contribution in [2.24, 2.45) is 0 Å². The van der Waals surface area contributed by atoms with Crippen LogP contribution in [0.1, 0.15) is 20.8 Å². The van der Waals surface area contributed by atoms with Gasteiger partial charge in [-0.25, -0.2) is 14.8 Å². The number of nitrogens with zero attached hydrogens (tertiary/aromatic N) is 2. The van der Waals surface area contributed by atoms with Crippen LogP contribution in [0.25, 0.3) is 0 Å². The van der Waals surface area contributed by atoms with Gasteiger partial charge in [-0.3, -0.25) is 4.79 Å². The summed E-state index contributed by atoms with van der Waals surface area (Å²) >= 11 is 0. The molecule has 0 unspecified atom stereocenters. The van der Waals surface area contributed by atoms with Gasteiger partial charge in [0.15, 0.2) is 0 Å². The normalized spacial score (nSPS) is 10.1. The lowest BCUT2D eigenvalue weighted by molar-refractivity contribution is 0.0600. The van der Waals surface area contributed by atoms with Gasteiger partial charge in [-0.05, 0) is 18.2 Å². The number of benzene rings is 1. The van der Waals surface area contributed by atoms with E-state index in [0.29, 0.717) is 30.2 Å². The van der Waals surface area contributed by atoms with Gasteiger partial charge in [-0.2, -0.15) is 0 Å². The minimum absolute atomic E-state index is 0.202. The second kappa shape index (κ2) is 8.59. The fraction of sp³-hybridized carbons (Fsp3) is 0.250. The molecule has 0 saturated heterocycles. The van der Waals surface area contributed by atoms with Gasteiger partial charge in [0.1, 0.15) is 17.8 Å². The molecule has 0 aliphatic carbocycles. The number of carbonyl (C=O) groups is 2. The zero-order valence-corrected chi connectivity index (χ0v) is 13.4. The van der Waals surface area contributed by atoms with Crippen LogP contribution in [0.5, 0.6) is 0 Å². The third-order valence-electron chi connectivity index (χ3n) is 3.05. The second-order valence-electron chi connectivity index (χ2n) is 4.73. The topological polar surface area (TPSA) is 102 Å². The average Bonchev–Trinajstić information content (AvgIpc) is 2.61. The van der Waals surface area contributed by atoms with E-state index in [4.69, 9.17) is 4.74 Å². The summed E-state index contributed by atoms with van der Waals surface area (Å²) in [6.45, 7) is 1.08. The molecule has 2 rings (SSSR count). The fourth-order valence-electron chi connectivity index (χ4n) is 1.90. The molecular formula is C16H18N4O4. The fourth-order valence-corrected chi connectivity index (χ4v) is 1.90. The van der Waals surface area contributed by atoms with E-state index in [9.17, 15) is 9.59 Å². The Morgan fingerprint density at radius 1 is 1.17 bits per heavy atom. The Balaban J connectivity index is 2.07. The molecule has 24 heavy (non-hydrogen) atoms. The standard InChI is InChI=1S/C16H18N4O4/c1-23-7-6-17-14-9-13(18-10-19-14)15(21)20-12-5-3-4-11(8-12)16(22)24-2/h3-5,8-10H,6-7H2,1-2H3,(H,20,21)(H,17,18,19). The molecule has 1 aromatic carbocycles. The molecule has 0 radical (unpaired) electrons. The highest BCUT2D eigenvalue weighted by Crippen LogP contribution is 2.13. The number of carbonyl (C=O) groups excluding carboxylic acids is 2. The van der Waals surface area contributed by atoms with Crippen LogP contribution in [0, 0.1) is 0 Å². The minimum atomic E-state index is -0.474. The molecule has 0 atom stereocenters. The highest BCUT2D eigenvalue weighted by Gasteiger charge is 2.11. The van der Waals surface area contributed by atoms with Crippen molar-refractivity contribution < 1.29 is 19.1 Å². The lowest BCUT2D eigenvalue weighted by atomic mass is 10.2. The number of aromatic nitrogens is 2. The van der Waals surface area contributed by atoms with Crippen molar-refractivity contribution in [3.05, 3.63) is 47.9 Å². The predicted molar refractivity (Wildman–Crippen MR) is 88.1 cm³/mol. The third kappa shape index (κ3) is 4.75. The Morgan fingerprint density at radius 3 is 2.75 bits per heavy atom. The average molecular weight is 330 g/mol. The van der Waals surface area contributed by atoms with Crippen LogP contribution < -0.4 is 10.6 Å². The van der Waals surface area contributed by atoms with Gasteiger partial charge < -0.3 is 20.1 Å². The number of anilines is 2. The van der Waals surface area contributed by atoms with Gasteiger partial charge in [-0.1, -0.05) is 6.07 Å². The summed E-state index contributed by atoms with van der Waals surface area (Å²) in [6, 6.07) is 7.99. The zero-order valence-electron chi connectivity index (χ0n) is 13.4. The zero-order chi connectivity index (χ0) is 17.4. The lowest BCUT2D eigenvalue weighted by Gasteiger charge is -2.08. The molecule has 2 aromatic rings. The van der Waals surface area contributed by atoms with Crippen LogP contribution in [-0.4, -0.2) is 49.2 Å². The maximum atomic E-state index is 12.3. The van der Waals surface area contributed by atoms with E-state index in [1.54, 1.807) is 25.3 Å². The van der Waals surface area contributed by atoms with Gasteiger partial charge in [-0.15, -0.1) is 0 Å². The molecule has 0 aliphatic rings. The smallest absolute Gasteiger partial charge is 0.337 e. The van der Waals surface area contributed by atoms with E-state index in [2.05, 4.69) is 25.3 Å². The van der Waals surface area contributed by atoms with Crippen molar-refractivity contribution in [3.8, 4) is 0 Å². The van der Waals surface area contributed by atoms with Gasteiger partial charge in [0.25, 0.3) is 5.91 Å². The summed E-state index contributed by atoms with van der Waals surface area (Å²) in [5.41, 5.74) is 1.02. The van der Waals surface area contributed by atoms with E-state index in [1.165, 1.54) is 25.6 Å². The van der Waals surface area contributed by atoms with Gasteiger partial charge >= 0.3 is 5.97 Å². The summed E-state index contributed by atoms with van der Waals surface area (Å²) in [5.74, 6) is -0.359. The van der Waals surface area contributed by atoms with E-state index in [-0.39, 0.29) is 5.69 Å². The van der Waals surface area contributed by atoms with E-state index < -0.39 is 11.9 Å². The summed E-state index contributed by atoms with van der Waals surface area (Å²) in [7, 11) is 2.90. The molecule has 0 saturated carbocycles. The predicted octanol–water partition coefficient (Wildman–Crippen LogP) is 1.57. The highest BCUT2D eigenvalue weighted by atomic mass is 16.5. The van der Waals surface area contributed by atoms with E-state index >= 15 is 0 Å². The first-order chi connectivity index (χ1) is 11.6. The van der Waals surface area contributed by atoms with E-state index in [0.717, 1.165) is 0 Å². The Labute approximate surface area is 139 Å². The summed E-state index contributed by atoms with van der Waals surface area (Å²) in [4.78, 5) is 31.8. The van der Waals surface area contributed by atoms with Gasteiger partial charge in [0, 0.05) is 25.4 Å². The van der Waals surface area contributed by atoms with Crippen molar-refractivity contribution in [2.45, 2.75) is 0 Å². The number of nitrogens with one attached hydrogen (secondary N) is 2. The SMILES string of the molecule is COCCNc1cc(C(=O)Nc2cccc(C(=O)OC)c2)ncn1. The Bertz CT molecular complexity index is 721. The van der Waals surface area contributed by atoms with Crippen LogP contribution >= 0.6 is 0 Å². The first kappa shape index (κ1) is 17.4. The summed E-state index contributed by atoms with van der Waals surface area (Å²) in [6.07, 6.45) is 1.30. The molecule has 0 spiro atoms. The van der Waals surface area contributed by atoms with Crippen molar-refractivity contribution in [3.63, 3.8) is 0 Å². The summed E-state index contributed by atoms with van der Waals surface area (Å²) in [5, 5.41) is 5.70. The van der Waals surface area contributed by atoms with Crippen LogP contribution in [0.15, 0.2) is 36.7 Å². The quantitative estimate of drug-likeness (QED) is 0.587. The van der Waals surface area contributed by atoms with Crippen LogP contribution in [0.4, 0.5) is 11.5 Å². The van der Waals surface area contributed by atoms with Crippen molar-refractivity contribution >= 4 is 23.4 Å². The Hall–Kier alpha value is -3.00. The first-order valence-corrected chi connectivity index (χ1v) is 7.18. The highest BCUT2D eigenvalue weighted by molar-refractivity contribution is 6.03. The first-order valence-electron chi connectivity index (χ1n) is 7.18. The maximum Gasteiger partial charge on any atom is 0.337 e. The minimum Gasteiger partial charge on any atom is -0.465 e. The molecule has 0 bridgehead atoms. The van der Waals surface area contributed by atoms with E-state index in [1.807, 2.05) is 0 Å². The molecule has 1 aromatic heterocycles. The van der Waals surface area contributed by atoms with Gasteiger partial charge in [0.2, 0.25) is 0 Å². The molecular weight excluding hydrogens is 312 g/mol. The van der Waals surface area contributed by atoms with Crippen LogP contribution in [0.2, 0.25) is 0 Å². The number of hydrogen-bond acceptors (Lipinski definition) is 7. The number of methoxy groups -OCH3 is 2. The van der Waals surface area contributed by atoms with Crippen molar-refractivity contribution in [1.82, 2.24) is 9.97 Å². The van der Waals surface area contributed by atoms with Crippen molar-refractivity contribution in [2.75, 3.05) is 38.0 Å². The number of esters is 1. The second-order valence-corrected chi connectivity index (χ2v) is 4.73. The summed E-state index contributed by atoms with van der Waals surface area (Å²) < 4.78 is 9.59. The molecule has 0 fully saturated rings. The number of ether oxygens (including phenoxy) is 2. The van der Waals surface area contributed by atoms with Crippen molar-refractivity contribution in [1.29, 1.82) is 0 Å². The molecule has 0 aliphatic heterocycles. The number of hydrogen-bond donors (Lipinski definition) is 2. The van der Waals surface area contributed by atoms with Crippen LogP contribution in [-0.2, 0) is 9.47 Å². The monoisotopic (exact) mass is 330 g/mol. The van der Waals surface area contributed by atoms with Gasteiger partial charge in [0.05, 0.1) is 19.3 Å². The van der Waals surface area contributed by atoms with Crippen LogP contribution in [0.3, 0.4) is 0 Å². The molecule has 8 nitrogen and oxygen atoms in total. The maximum absolute atomic E-state index is 12.3. The molecule has 8 heteroatoms. The number of rotatable bonds is 7. The third-order valence-corrected chi connectivity index (χ3v) is 3.05. The number of amides is 1. The lowest BCUT2D eigenvalue weighted by Crippen LogP contribution is -2.16. The molecule has 126 valence electrons. The molecule has 2 N–H and O–H groups in total. The molecule has 1 amide bonds. The Kier molecular flexibility index (Phi) is 6.21. The molecule has 1 heterocycles. The Morgan fingerprint density at radius 2 is 2.00 bits per heavy atom.